The first-order valence-corrected chi connectivity index (χ1v) is 4.43. The van der Waals surface area contributed by atoms with Crippen LogP contribution in [0.2, 0.25) is 0 Å². The van der Waals surface area contributed by atoms with Gasteiger partial charge in [0.2, 0.25) is 0 Å². The highest BCUT2D eigenvalue weighted by Gasteiger charge is 2.10. The van der Waals surface area contributed by atoms with Gasteiger partial charge in [-0.3, -0.25) is 4.79 Å². The van der Waals surface area contributed by atoms with Crippen LogP contribution in [-0.4, -0.2) is 18.0 Å². The van der Waals surface area contributed by atoms with E-state index in [1.807, 2.05) is 0 Å². The number of carbonyl (C=O) groups excluding carboxylic acids is 1. The molecule has 0 spiro atoms. The van der Waals surface area contributed by atoms with Crippen LogP contribution in [0.15, 0.2) is 16.6 Å². The van der Waals surface area contributed by atoms with Gasteiger partial charge in [-0.05, 0) is 35.0 Å². The molecule has 5 heteroatoms. The molecule has 14 heavy (non-hydrogen) atoms. The molecular weight excluding hydrogens is 316 g/mol. The standard InChI is InChI=1S/C9H9BrO3.BrH/c1-5(11)6-3-7(10)9(12)8(4-6)13-2;/h3-4,12H,1-2H3;1H. The maximum atomic E-state index is 11.0. The lowest BCUT2D eigenvalue weighted by Gasteiger charge is -2.06. The Kier molecular flexibility index (Phi) is 5.15. The SMILES string of the molecule is Br.COc1cc(C(C)=O)cc(Br)c1O. The highest BCUT2D eigenvalue weighted by molar-refractivity contribution is 9.10. The largest absolute Gasteiger partial charge is 0.503 e. The Labute approximate surface area is 101 Å². The predicted octanol–water partition coefficient (Wildman–Crippen LogP) is 2.94. The zero-order valence-corrected chi connectivity index (χ0v) is 11.0. The lowest BCUT2D eigenvalue weighted by atomic mass is 10.1. The second kappa shape index (κ2) is 5.36. The van der Waals surface area contributed by atoms with Crippen LogP contribution in [0.1, 0.15) is 17.3 Å². The van der Waals surface area contributed by atoms with Crippen molar-refractivity contribution in [3.05, 3.63) is 22.2 Å². The molecule has 1 aromatic rings. The maximum Gasteiger partial charge on any atom is 0.172 e. The lowest BCUT2D eigenvalue weighted by Crippen LogP contribution is -1.94. The maximum absolute atomic E-state index is 11.0. The Hall–Kier alpha value is -0.550. The van der Waals surface area contributed by atoms with Crippen molar-refractivity contribution in [1.29, 1.82) is 0 Å². The summed E-state index contributed by atoms with van der Waals surface area (Å²) in [5.74, 6) is 0.228. The first-order chi connectivity index (χ1) is 6.06. The second-order valence-corrected chi connectivity index (χ2v) is 3.42. The van der Waals surface area contributed by atoms with Gasteiger partial charge >= 0.3 is 0 Å². The van der Waals surface area contributed by atoms with Crippen LogP contribution in [0, 0.1) is 0 Å². The average molecular weight is 326 g/mol. The van der Waals surface area contributed by atoms with Gasteiger partial charge in [-0.25, -0.2) is 0 Å². The first kappa shape index (κ1) is 13.4. The highest BCUT2D eigenvalue weighted by atomic mass is 79.9. The molecule has 0 aromatic heterocycles. The van der Waals surface area contributed by atoms with E-state index in [-0.39, 0.29) is 28.5 Å². The normalized spacial score (nSPS) is 9.07. The molecule has 0 radical (unpaired) electrons. The van der Waals surface area contributed by atoms with Crippen LogP contribution < -0.4 is 4.74 Å². The van der Waals surface area contributed by atoms with E-state index in [1.165, 1.54) is 20.1 Å². The minimum atomic E-state index is -0.0704. The third kappa shape index (κ3) is 2.72. The molecule has 3 nitrogen and oxygen atoms in total. The number of benzene rings is 1. The van der Waals surface area contributed by atoms with Gasteiger partial charge in [-0.1, -0.05) is 0 Å². The molecule has 1 aromatic carbocycles. The molecule has 0 fully saturated rings. The van der Waals surface area contributed by atoms with Crippen LogP contribution in [-0.2, 0) is 0 Å². The molecule has 0 saturated carbocycles. The number of Topliss-reactive ketones (excluding diaryl/α,β-unsaturated/α-hetero) is 1. The minimum absolute atomic E-state index is 0. The fraction of sp³-hybridized carbons (Fsp3) is 0.222. The van der Waals surface area contributed by atoms with Crippen molar-refractivity contribution in [3.8, 4) is 11.5 Å². The molecule has 1 N–H and O–H groups in total. The van der Waals surface area contributed by atoms with Crippen LogP contribution in [0.3, 0.4) is 0 Å². The van der Waals surface area contributed by atoms with E-state index in [4.69, 9.17) is 4.74 Å². The Balaban J connectivity index is 0.00000169. The van der Waals surface area contributed by atoms with Crippen molar-refractivity contribution in [3.63, 3.8) is 0 Å². The average Bonchev–Trinajstić information content (AvgIpc) is 2.09. The molecule has 0 aliphatic rings. The van der Waals surface area contributed by atoms with Crippen molar-refractivity contribution < 1.29 is 14.6 Å². The number of ether oxygens (including phenoxy) is 1. The molecule has 1 rings (SSSR count). The fourth-order valence-electron chi connectivity index (χ4n) is 0.933. The van der Waals surface area contributed by atoms with E-state index in [0.717, 1.165) is 0 Å². The van der Waals surface area contributed by atoms with Gasteiger partial charge in [-0.15, -0.1) is 17.0 Å². The smallest absolute Gasteiger partial charge is 0.172 e. The lowest BCUT2D eigenvalue weighted by molar-refractivity contribution is 0.101. The summed E-state index contributed by atoms with van der Waals surface area (Å²) in [7, 11) is 1.44. The number of phenols is 1. The summed E-state index contributed by atoms with van der Waals surface area (Å²) in [4.78, 5) is 11.0. The van der Waals surface area contributed by atoms with E-state index in [9.17, 15) is 9.90 Å². The number of hydrogen-bond acceptors (Lipinski definition) is 3. The predicted molar refractivity (Wildman–Crippen MR) is 62.7 cm³/mol. The van der Waals surface area contributed by atoms with Gasteiger partial charge < -0.3 is 9.84 Å². The summed E-state index contributed by atoms with van der Waals surface area (Å²) in [6.07, 6.45) is 0. The van der Waals surface area contributed by atoms with Crippen LogP contribution in [0.4, 0.5) is 0 Å². The van der Waals surface area contributed by atoms with Gasteiger partial charge in [0.15, 0.2) is 17.3 Å². The summed E-state index contributed by atoms with van der Waals surface area (Å²) in [6, 6.07) is 3.06. The van der Waals surface area contributed by atoms with Crippen LogP contribution >= 0.6 is 32.9 Å². The number of methoxy groups -OCH3 is 1. The summed E-state index contributed by atoms with van der Waals surface area (Å²) < 4.78 is 5.34. The molecule has 0 atom stereocenters. The monoisotopic (exact) mass is 324 g/mol. The topological polar surface area (TPSA) is 46.5 Å². The second-order valence-electron chi connectivity index (χ2n) is 2.57. The summed E-state index contributed by atoms with van der Waals surface area (Å²) >= 11 is 3.12. The van der Waals surface area contributed by atoms with Crippen molar-refractivity contribution in [1.82, 2.24) is 0 Å². The fourth-order valence-corrected chi connectivity index (χ4v) is 1.37. The van der Waals surface area contributed by atoms with E-state index < -0.39 is 0 Å². The van der Waals surface area contributed by atoms with Gasteiger partial charge in [-0.2, -0.15) is 0 Å². The summed E-state index contributed by atoms with van der Waals surface area (Å²) in [5.41, 5.74) is 0.501. The number of ketones is 1. The Morgan fingerprint density at radius 3 is 2.50 bits per heavy atom. The number of rotatable bonds is 2. The van der Waals surface area contributed by atoms with E-state index >= 15 is 0 Å². The van der Waals surface area contributed by atoms with Gasteiger partial charge in [0.1, 0.15) is 0 Å². The Morgan fingerprint density at radius 2 is 2.07 bits per heavy atom. The minimum Gasteiger partial charge on any atom is -0.503 e. The van der Waals surface area contributed by atoms with Crippen molar-refractivity contribution in [2.24, 2.45) is 0 Å². The zero-order chi connectivity index (χ0) is 10.0. The molecule has 0 unspecified atom stereocenters. The molecule has 78 valence electrons. The van der Waals surface area contributed by atoms with Gasteiger partial charge in [0.25, 0.3) is 0 Å². The van der Waals surface area contributed by atoms with E-state index in [1.54, 1.807) is 6.07 Å². The van der Waals surface area contributed by atoms with Gasteiger partial charge in [0.05, 0.1) is 11.6 Å². The molecule has 0 aliphatic heterocycles. The number of halogens is 2. The molecule has 0 heterocycles. The zero-order valence-electron chi connectivity index (χ0n) is 7.70. The Morgan fingerprint density at radius 1 is 1.50 bits per heavy atom. The van der Waals surface area contributed by atoms with Crippen molar-refractivity contribution >= 4 is 38.7 Å². The number of hydrogen-bond donors (Lipinski definition) is 1. The number of carbonyl (C=O) groups is 1. The molecule has 0 saturated heterocycles. The molecule has 0 bridgehead atoms. The van der Waals surface area contributed by atoms with E-state index in [2.05, 4.69) is 15.9 Å². The molecule has 0 amide bonds. The van der Waals surface area contributed by atoms with E-state index in [0.29, 0.717) is 15.8 Å². The van der Waals surface area contributed by atoms with Gasteiger partial charge in [0, 0.05) is 5.56 Å². The quantitative estimate of drug-likeness (QED) is 0.850. The molecular formula is C9H10Br2O3. The number of phenolic OH excluding ortho intramolecular Hbond substituents is 1. The summed E-state index contributed by atoms with van der Waals surface area (Å²) in [6.45, 7) is 1.46. The van der Waals surface area contributed by atoms with Crippen LogP contribution in [0.25, 0.3) is 0 Å². The Bertz CT molecular complexity index is 350. The number of aromatic hydroxyl groups is 1. The van der Waals surface area contributed by atoms with Crippen molar-refractivity contribution in [2.75, 3.05) is 7.11 Å². The van der Waals surface area contributed by atoms with Crippen LogP contribution in [0.5, 0.6) is 11.5 Å². The highest BCUT2D eigenvalue weighted by Crippen LogP contribution is 2.35. The third-order valence-corrected chi connectivity index (χ3v) is 2.26. The third-order valence-electron chi connectivity index (χ3n) is 1.65. The summed E-state index contributed by atoms with van der Waals surface area (Å²) in [5, 5.41) is 9.42. The molecule has 0 aliphatic carbocycles. The van der Waals surface area contributed by atoms with Crippen molar-refractivity contribution in [2.45, 2.75) is 6.92 Å². The first-order valence-electron chi connectivity index (χ1n) is 3.63.